The number of hydrogen-bond acceptors (Lipinski definition) is 3. The Morgan fingerprint density at radius 1 is 1.64 bits per heavy atom. The maximum absolute atomic E-state index is 11.7. The minimum absolute atomic E-state index is 0.0246. The summed E-state index contributed by atoms with van der Waals surface area (Å²) in [7, 11) is 0. The summed E-state index contributed by atoms with van der Waals surface area (Å²) in [6.07, 6.45) is 3.01. The van der Waals surface area contributed by atoms with Crippen LogP contribution in [0.25, 0.3) is 0 Å². The highest BCUT2D eigenvalue weighted by Gasteiger charge is 2.31. The Morgan fingerprint density at radius 2 is 2.36 bits per heavy atom. The highest BCUT2D eigenvalue weighted by Crippen LogP contribution is 2.18. The fourth-order valence-corrected chi connectivity index (χ4v) is 1.93. The maximum Gasteiger partial charge on any atom is 0.310 e. The zero-order valence-corrected chi connectivity index (χ0v) is 9.38. The van der Waals surface area contributed by atoms with E-state index in [1.165, 1.54) is 0 Å². The van der Waals surface area contributed by atoms with E-state index in [-0.39, 0.29) is 24.0 Å². The summed E-state index contributed by atoms with van der Waals surface area (Å²) < 4.78 is 5.37. The van der Waals surface area contributed by atoms with Crippen molar-refractivity contribution in [2.75, 3.05) is 6.54 Å². The van der Waals surface area contributed by atoms with Crippen LogP contribution in [0.15, 0.2) is 0 Å². The topological polar surface area (TPSA) is 38.3 Å². The van der Waals surface area contributed by atoms with E-state index in [4.69, 9.17) is 4.74 Å². The van der Waals surface area contributed by atoms with E-state index < -0.39 is 0 Å². The molecule has 0 saturated carbocycles. The molecule has 1 aliphatic rings. The van der Waals surface area contributed by atoms with E-state index in [1.54, 1.807) is 0 Å². The molecule has 0 radical (unpaired) electrons. The third-order valence-corrected chi connectivity index (χ3v) is 2.84. The predicted octanol–water partition coefficient (Wildman–Crippen LogP) is 1.72. The maximum atomic E-state index is 11.7. The Balaban J connectivity index is 2.33. The summed E-state index contributed by atoms with van der Waals surface area (Å²) in [5, 5.41) is 3.25. The number of carbonyl (C=O) groups is 1. The highest BCUT2D eigenvalue weighted by molar-refractivity contribution is 5.73. The third kappa shape index (κ3) is 2.98. The van der Waals surface area contributed by atoms with Crippen LogP contribution in [0.3, 0.4) is 0 Å². The summed E-state index contributed by atoms with van der Waals surface area (Å²) in [5.74, 6) is 0.0396. The molecule has 1 saturated heterocycles. The SMILES string of the molecule is CCCC(C)OC(=O)C1CCNC1C. The van der Waals surface area contributed by atoms with Gasteiger partial charge in [-0.1, -0.05) is 13.3 Å². The normalized spacial score (nSPS) is 28.8. The number of esters is 1. The Kier molecular flexibility index (Phi) is 4.39. The van der Waals surface area contributed by atoms with Crippen molar-refractivity contribution in [3.05, 3.63) is 0 Å². The highest BCUT2D eigenvalue weighted by atomic mass is 16.5. The summed E-state index contributed by atoms with van der Waals surface area (Å²) >= 11 is 0. The molecular weight excluding hydrogens is 178 g/mol. The van der Waals surface area contributed by atoms with E-state index in [0.29, 0.717) is 0 Å². The van der Waals surface area contributed by atoms with Crippen LogP contribution in [-0.4, -0.2) is 24.7 Å². The number of rotatable bonds is 4. The van der Waals surface area contributed by atoms with Gasteiger partial charge in [0.1, 0.15) is 0 Å². The first-order chi connectivity index (χ1) is 6.65. The second-order valence-electron chi connectivity index (χ2n) is 4.17. The van der Waals surface area contributed by atoms with E-state index in [2.05, 4.69) is 12.2 Å². The molecule has 3 unspecified atom stereocenters. The van der Waals surface area contributed by atoms with Crippen molar-refractivity contribution in [3.63, 3.8) is 0 Å². The molecule has 14 heavy (non-hydrogen) atoms. The molecule has 3 heteroatoms. The van der Waals surface area contributed by atoms with Gasteiger partial charge in [0.25, 0.3) is 0 Å². The van der Waals surface area contributed by atoms with Gasteiger partial charge in [0.15, 0.2) is 0 Å². The van der Waals surface area contributed by atoms with Crippen LogP contribution in [0, 0.1) is 5.92 Å². The fourth-order valence-electron chi connectivity index (χ4n) is 1.93. The number of carbonyl (C=O) groups excluding carboxylic acids is 1. The Labute approximate surface area is 86.2 Å². The lowest BCUT2D eigenvalue weighted by Gasteiger charge is -2.18. The van der Waals surface area contributed by atoms with Gasteiger partial charge in [0.2, 0.25) is 0 Å². The van der Waals surface area contributed by atoms with Crippen molar-refractivity contribution in [1.29, 1.82) is 0 Å². The lowest BCUT2D eigenvalue weighted by Crippen LogP contribution is -2.31. The summed E-state index contributed by atoms with van der Waals surface area (Å²) in [5.41, 5.74) is 0. The molecular formula is C11H21NO2. The van der Waals surface area contributed by atoms with Crippen molar-refractivity contribution < 1.29 is 9.53 Å². The van der Waals surface area contributed by atoms with Crippen LogP contribution in [0.4, 0.5) is 0 Å². The molecule has 1 heterocycles. The molecule has 1 N–H and O–H groups in total. The average molecular weight is 199 g/mol. The van der Waals surface area contributed by atoms with Gasteiger partial charge in [-0.05, 0) is 33.2 Å². The van der Waals surface area contributed by atoms with Gasteiger partial charge in [-0.3, -0.25) is 4.79 Å². The van der Waals surface area contributed by atoms with E-state index >= 15 is 0 Å². The summed E-state index contributed by atoms with van der Waals surface area (Å²) in [4.78, 5) is 11.7. The minimum Gasteiger partial charge on any atom is -0.462 e. The minimum atomic E-state index is -0.0246. The molecule has 3 nitrogen and oxygen atoms in total. The molecule has 0 spiro atoms. The van der Waals surface area contributed by atoms with E-state index in [0.717, 1.165) is 25.8 Å². The van der Waals surface area contributed by atoms with E-state index in [1.807, 2.05) is 13.8 Å². The molecule has 82 valence electrons. The van der Waals surface area contributed by atoms with Crippen LogP contribution in [0.2, 0.25) is 0 Å². The van der Waals surface area contributed by atoms with E-state index in [9.17, 15) is 4.79 Å². The van der Waals surface area contributed by atoms with Gasteiger partial charge in [-0.2, -0.15) is 0 Å². The predicted molar refractivity (Wildman–Crippen MR) is 56.0 cm³/mol. The van der Waals surface area contributed by atoms with Gasteiger partial charge in [-0.15, -0.1) is 0 Å². The molecule has 1 aliphatic heterocycles. The molecule has 3 atom stereocenters. The molecule has 0 bridgehead atoms. The van der Waals surface area contributed by atoms with Crippen LogP contribution >= 0.6 is 0 Å². The molecule has 0 amide bonds. The molecule has 0 aliphatic carbocycles. The molecule has 0 aromatic rings. The van der Waals surface area contributed by atoms with Crippen LogP contribution in [0.5, 0.6) is 0 Å². The van der Waals surface area contributed by atoms with Crippen LogP contribution in [0.1, 0.15) is 40.0 Å². The van der Waals surface area contributed by atoms with Gasteiger partial charge in [-0.25, -0.2) is 0 Å². The van der Waals surface area contributed by atoms with Crippen molar-refractivity contribution >= 4 is 5.97 Å². The van der Waals surface area contributed by atoms with Crippen molar-refractivity contribution in [3.8, 4) is 0 Å². The molecule has 0 aromatic heterocycles. The Morgan fingerprint density at radius 3 is 2.86 bits per heavy atom. The number of ether oxygens (including phenoxy) is 1. The first kappa shape index (κ1) is 11.5. The second-order valence-corrected chi connectivity index (χ2v) is 4.17. The second kappa shape index (κ2) is 5.35. The van der Waals surface area contributed by atoms with Crippen LogP contribution in [-0.2, 0) is 9.53 Å². The van der Waals surface area contributed by atoms with Gasteiger partial charge in [0.05, 0.1) is 12.0 Å². The lowest BCUT2D eigenvalue weighted by molar-refractivity contribution is -0.153. The molecule has 1 fully saturated rings. The van der Waals surface area contributed by atoms with Gasteiger partial charge < -0.3 is 10.1 Å². The number of hydrogen-bond donors (Lipinski definition) is 1. The molecule has 0 aromatic carbocycles. The summed E-state index contributed by atoms with van der Waals surface area (Å²) in [6, 6.07) is 0.274. The average Bonchev–Trinajstić information content (AvgIpc) is 2.51. The van der Waals surface area contributed by atoms with Gasteiger partial charge >= 0.3 is 5.97 Å². The van der Waals surface area contributed by atoms with Crippen molar-refractivity contribution in [2.45, 2.75) is 52.2 Å². The lowest BCUT2D eigenvalue weighted by atomic mass is 10.0. The number of nitrogens with one attached hydrogen (secondary N) is 1. The van der Waals surface area contributed by atoms with Crippen molar-refractivity contribution in [1.82, 2.24) is 5.32 Å². The molecule has 1 rings (SSSR count). The van der Waals surface area contributed by atoms with Gasteiger partial charge in [0, 0.05) is 6.04 Å². The third-order valence-electron chi connectivity index (χ3n) is 2.84. The zero-order valence-electron chi connectivity index (χ0n) is 9.38. The van der Waals surface area contributed by atoms with Crippen LogP contribution < -0.4 is 5.32 Å². The smallest absolute Gasteiger partial charge is 0.310 e. The Hall–Kier alpha value is -0.570. The zero-order chi connectivity index (χ0) is 10.6. The first-order valence-electron chi connectivity index (χ1n) is 5.59. The standard InChI is InChI=1S/C11H21NO2/c1-4-5-8(2)14-11(13)10-6-7-12-9(10)3/h8-10,12H,4-7H2,1-3H3. The summed E-state index contributed by atoms with van der Waals surface area (Å²) in [6.45, 7) is 7.05. The monoisotopic (exact) mass is 199 g/mol. The largest absolute Gasteiger partial charge is 0.462 e. The quantitative estimate of drug-likeness (QED) is 0.701. The Bertz CT molecular complexity index is 194. The fraction of sp³-hybridized carbons (Fsp3) is 0.909. The first-order valence-corrected chi connectivity index (χ1v) is 5.59. The van der Waals surface area contributed by atoms with Crippen molar-refractivity contribution in [2.24, 2.45) is 5.92 Å².